The molecule has 0 aromatic heterocycles. The van der Waals surface area contributed by atoms with Gasteiger partial charge < -0.3 is 15.0 Å². The summed E-state index contributed by atoms with van der Waals surface area (Å²) in [6.45, 7) is 2.30. The first-order valence-corrected chi connectivity index (χ1v) is 11.5. The Labute approximate surface area is 204 Å². The van der Waals surface area contributed by atoms with Gasteiger partial charge in [-0.25, -0.2) is 0 Å². The molecule has 0 fully saturated rings. The summed E-state index contributed by atoms with van der Waals surface area (Å²) in [7, 11) is 0. The normalized spacial score (nSPS) is 11.5. The molecule has 3 aromatic carbocycles. The van der Waals surface area contributed by atoms with Gasteiger partial charge in [0.1, 0.15) is 11.8 Å². The Morgan fingerprint density at radius 1 is 0.909 bits per heavy atom. The van der Waals surface area contributed by atoms with E-state index in [0.717, 1.165) is 11.1 Å². The van der Waals surface area contributed by atoms with Crippen molar-refractivity contribution in [2.75, 3.05) is 13.2 Å². The minimum absolute atomic E-state index is 0.215. The van der Waals surface area contributed by atoms with Crippen LogP contribution in [0.5, 0.6) is 5.75 Å². The van der Waals surface area contributed by atoms with Gasteiger partial charge in [0.25, 0.3) is 5.91 Å². The van der Waals surface area contributed by atoms with E-state index in [1.54, 1.807) is 41.3 Å². The van der Waals surface area contributed by atoms with Crippen LogP contribution >= 0.6 is 23.2 Å². The minimum Gasteiger partial charge on any atom is -0.484 e. The third-order valence-electron chi connectivity index (χ3n) is 5.02. The molecule has 172 valence electrons. The van der Waals surface area contributed by atoms with Gasteiger partial charge >= 0.3 is 0 Å². The second kappa shape index (κ2) is 12.3. The Kier molecular flexibility index (Phi) is 9.16. The zero-order valence-electron chi connectivity index (χ0n) is 18.3. The number of benzene rings is 3. The van der Waals surface area contributed by atoms with Crippen LogP contribution in [0.3, 0.4) is 0 Å². The molecular formula is C26H26Cl2N2O3. The van der Waals surface area contributed by atoms with Crippen LogP contribution in [0.25, 0.3) is 0 Å². The van der Waals surface area contributed by atoms with E-state index in [1.165, 1.54) is 0 Å². The van der Waals surface area contributed by atoms with Crippen LogP contribution in [0.1, 0.15) is 18.1 Å². The Morgan fingerprint density at radius 2 is 1.58 bits per heavy atom. The Hall–Kier alpha value is -3.02. The monoisotopic (exact) mass is 484 g/mol. The highest BCUT2D eigenvalue weighted by Crippen LogP contribution is 2.20. The number of carbonyl (C=O) groups is 2. The predicted molar refractivity (Wildman–Crippen MR) is 132 cm³/mol. The van der Waals surface area contributed by atoms with Crippen LogP contribution in [0, 0.1) is 0 Å². The molecule has 0 heterocycles. The molecule has 3 rings (SSSR count). The minimum atomic E-state index is -0.721. The number of halogens is 2. The summed E-state index contributed by atoms with van der Waals surface area (Å²) >= 11 is 12.2. The third kappa shape index (κ3) is 7.52. The molecule has 0 saturated heterocycles. The van der Waals surface area contributed by atoms with E-state index in [-0.39, 0.29) is 25.0 Å². The maximum atomic E-state index is 13.4. The first-order valence-electron chi connectivity index (χ1n) is 10.7. The number of hydrogen-bond donors (Lipinski definition) is 1. The van der Waals surface area contributed by atoms with Gasteiger partial charge in [0.05, 0.1) is 0 Å². The molecule has 0 unspecified atom stereocenters. The molecule has 0 saturated carbocycles. The lowest BCUT2D eigenvalue weighted by Crippen LogP contribution is -2.51. The number of ether oxygens (including phenoxy) is 1. The maximum absolute atomic E-state index is 13.4. The van der Waals surface area contributed by atoms with Crippen LogP contribution in [0.2, 0.25) is 10.0 Å². The lowest BCUT2D eigenvalue weighted by atomic mass is 10.0. The number of rotatable bonds is 10. The average molecular weight is 485 g/mol. The molecule has 5 nitrogen and oxygen atoms in total. The number of carbonyl (C=O) groups excluding carboxylic acids is 2. The van der Waals surface area contributed by atoms with Crippen molar-refractivity contribution in [3.8, 4) is 5.75 Å². The lowest BCUT2D eigenvalue weighted by Gasteiger charge is -2.31. The van der Waals surface area contributed by atoms with E-state index >= 15 is 0 Å². The summed E-state index contributed by atoms with van der Waals surface area (Å²) in [6, 6.07) is 23.0. The molecule has 1 atom stereocenters. The van der Waals surface area contributed by atoms with Crippen LogP contribution in [0.15, 0.2) is 78.9 Å². The lowest BCUT2D eigenvalue weighted by molar-refractivity contribution is -0.142. The largest absolute Gasteiger partial charge is 0.484 e. The van der Waals surface area contributed by atoms with Crippen molar-refractivity contribution in [2.45, 2.75) is 25.9 Å². The van der Waals surface area contributed by atoms with Gasteiger partial charge in [0, 0.05) is 29.6 Å². The summed E-state index contributed by atoms with van der Waals surface area (Å²) in [5, 5.41) is 3.94. The molecule has 7 heteroatoms. The number of nitrogens with one attached hydrogen (secondary N) is 1. The molecule has 0 aliphatic carbocycles. The quantitative estimate of drug-likeness (QED) is 0.432. The molecule has 0 spiro atoms. The van der Waals surface area contributed by atoms with Crippen molar-refractivity contribution >= 4 is 35.0 Å². The number of hydrogen-bond acceptors (Lipinski definition) is 3. The van der Waals surface area contributed by atoms with Crippen molar-refractivity contribution in [2.24, 2.45) is 0 Å². The van der Waals surface area contributed by atoms with E-state index < -0.39 is 6.04 Å². The fourth-order valence-electron chi connectivity index (χ4n) is 3.46. The second-order valence-electron chi connectivity index (χ2n) is 7.50. The smallest absolute Gasteiger partial charge is 0.261 e. The fraction of sp³-hybridized carbons (Fsp3) is 0.231. The standard InChI is InChI=1S/C26H26Cl2N2O3/c1-2-29-26(32)24(15-19-8-4-3-5-9-19)30(17-20-10-6-11-21(27)14-20)25(31)18-33-23-13-7-12-22(28)16-23/h3-14,16,24H,2,15,17-18H2,1H3,(H,29,32)/t24-/m0/s1. The van der Waals surface area contributed by atoms with Crippen molar-refractivity contribution in [1.82, 2.24) is 10.2 Å². The molecule has 0 aliphatic rings. The van der Waals surface area contributed by atoms with E-state index in [4.69, 9.17) is 27.9 Å². The van der Waals surface area contributed by atoms with Gasteiger partial charge in [0.15, 0.2) is 6.61 Å². The van der Waals surface area contributed by atoms with E-state index in [9.17, 15) is 9.59 Å². The third-order valence-corrected chi connectivity index (χ3v) is 5.49. The molecule has 3 aromatic rings. The van der Waals surface area contributed by atoms with E-state index in [2.05, 4.69) is 5.32 Å². The van der Waals surface area contributed by atoms with E-state index in [0.29, 0.717) is 28.8 Å². The molecule has 0 radical (unpaired) electrons. The molecule has 2 amide bonds. The summed E-state index contributed by atoms with van der Waals surface area (Å²) in [5.74, 6) is -0.0576. The first-order chi connectivity index (χ1) is 16.0. The highest BCUT2D eigenvalue weighted by Gasteiger charge is 2.30. The number of likely N-dealkylation sites (N-methyl/N-ethyl adjacent to an activating group) is 1. The van der Waals surface area contributed by atoms with E-state index in [1.807, 2.05) is 49.4 Å². The maximum Gasteiger partial charge on any atom is 0.261 e. The van der Waals surface area contributed by atoms with Gasteiger partial charge in [-0.1, -0.05) is 71.7 Å². The Balaban J connectivity index is 1.89. The SMILES string of the molecule is CCNC(=O)[C@H](Cc1ccccc1)N(Cc1cccc(Cl)c1)C(=O)COc1cccc(Cl)c1. The zero-order valence-corrected chi connectivity index (χ0v) is 19.9. The summed E-state index contributed by atoms with van der Waals surface area (Å²) in [6.07, 6.45) is 0.371. The van der Waals surface area contributed by atoms with Gasteiger partial charge in [-0.05, 0) is 48.4 Å². The fourth-order valence-corrected chi connectivity index (χ4v) is 3.86. The zero-order chi connectivity index (χ0) is 23.6. The molecule has 33 heavy (non-hydrogen) atoms. The Bertz CT molecular complexity index is 1080. The predicted octanol–water partition coefficient (Wildman–Crippen LogP) is 5.15. The van der Waals surface area contributed by atoms with Crippen molar-refractivity contribution in [3.05, 3.63) is 100 Å². The topological polar surface area (TPSA) is 58.6 Å². The van der Waals surface area contributed by atoms with Gasteiger partial charge in [0.2, 0.25) is 5.91 Å². The summed E-state index contributed by atoms with van der Waals surface area (Å²) in [5.41, 5.74) is 1.77. The van der Waals surface area contributed by atoms with Crippen molar-refractivity contribution < 1.29 is 14.3 Å². The Morgan fingerprint density at radius 3 is 2.24 bits per heavy atom. The summed E-state index contributed by atoms with van der Waals surface area (Å²) < 4.78 is 5.70. The van der Waals surface area contributed by atoms with Crippen LogP contribution in [0.4, 0.5) is 0 Å². The van der Waals surface area contributed by atoms with Gasteiger partial charge in [-0.15, -0.1) is 0 Å². The number of amides is 2. The van der Waals surface area contributed by atoms with Crippen LogP contribution < -0.4 is 10.1 Å². The van der Waals surface area contributed by atoms with Crippen LogP contribution in [-0.2, 0) is 22.6 Å². The highest BCUT2D eigenvalue weighted by molar-refractivity contribution is 6.30. The second-order valence-corrected chi connectivity index (χ2v) is 8.37. The van der Waals surface area contributed by atoms with Crippen molar-refractivity contribution in [1.29, 1.82) is 0 Å². The van der Waals surface area contributed by atoms with Gasteiger partial charge in [-0.3, -0.25) is 9.59 Å². The van der Waals surface area contributed by atoms with Crippen LogP contribution in [-0.4, -0.2) is 35.9 Å². The summed E-state index contributed by atoms with van der Waals surface area (Å²) in [4.78, 5) is 28.0. The highest BCUT2D eigenvalue weighted by atomic mass is 35.5. The first kappa shape index (κ1) is 24.6. The molecule has 0 aliphatic heterocycles. The molecular weight excluding hydrogens is 459 g/mol. The van der Waals surface area contributed by atoms with Gasteiger partial charge in [-0.2, -0.15) is 0 Å². The number of nitrogens with zero attached hydrogens (tertiary/aromatic N) is 1. The molecule has 1 N–H and O–H groups in total. The van der Waals surface area contributed by atoms with Crippen molar-refractivity contribution in [3.63, 3.8) is 0 Å². The average Bonchev–Trinajstić information content (AvgIpc) is 2.80. The molecule has 0 bridgehead atoms.